The van der Waals surface area contributed by atoms with E-state index in [2.05, 4.69) is 15.7 Å². The highest BCUT2D eigenvalue weighted by atomic mass is 19.3. The maximum atomic E-state index is 14.2. The molecule has 0 saturated carbocycles. The number of ether oxygens (including phenoxy) is 1. The van der Waals surface area contributed by atoms with Gasteiger partial charge in [-0.05, 0) is 23.8 Å². The van der Waals surface area contributed by atoms with Crippen LogP contribution in [0.5, 0.6) is 5.75 Å². The van der Waals surface area contributed by atoms with Crippen LogP contribution < -0.4 is 21.1 Å². The molecular formula is C23H22F3N5O3. The van der Waals surface area contributed by atoms with E-state index in [0.29, 0.717) is 17.4 Å². The first kappa shape index (κ1) is 23.3. The Balaban J connectivity index is 1.52. The number of nitrogens with two attached hydrogens (primary N) is 1. The van der Waals surface area contributed by atoms with E-state index in [1.165, 1.54) is 19.2 Å². The minimum atomic E-state index is -3.05. The summed E-state index contributed by atoms with van der Waals surface area (Å²) in [6.07, 6.45) is 0.495. The number of anilines is 1. The molecule has 0 bridgehead atoms. The van der Waals surface area contributed by atoms with Crippen LogP contribution in [0.1, 0.15) is 32.3 Å². The number of alkyl halides is 2. The van der Waals surface area contributed by atoms with E-state index in [9.17, 15) is 22.8 Å². The molecule has 0 radical (unpaired) electrons. The average molecular weight is 473 g/mol. The van der Waals surface area contributed by atoms with Gasteiger partial charge in [-0.25, -0.2) is 17.9 Å². The largest absolute Gasteiger partial charge is 0.496 e. The monoisotopic (exact) mass is 473 g/mol. The highest BCUT2D eigenvalue weighted by Gasteiger charge is 2.47. The summed E-state index contributed by atoms with van der Waals surface area (Å²) < 4.78 is 48.0. The molecule has 1 aliphatic heterocycles. The third-order valence-electron chi connectivity index (χ3n) is 5.67. The fraction of sp³-hybridized carbons (Fsp3) is 0.261. The number of nitrogens with one attached hydrogen (secondary N) is 2. The highest BCUT2D eigenvalue weighted by Crippen LogP contribution is 2.36. The Morgan fingerprint density at radius 1 is 1.32 bits per heavy atom. The summed E-state index contributed by atoms with van der Waals surface area (Å²) in [5.74, 6) is -4.01. The van der Waals surface area contributed by atoms with E-state index >= 15 is 0 Å². The summed E-state index contributed by atoms with van der Waals surface area (Å²) in [5.41, 5.74) is 7.47. The van der Waals surface area contributed by atoms with Gasteiger partial charge >= 0.3 is 0 Å². The smallest absolute Gasteiger partial charge is 0.283 e. The Kier molecular flexibility index (Phi) is 6.29. The van der Waals surface area contributed by atoms with Crippen molar-refractivity contribution in [3.63, 3.8) is 0 Å². The standard InChI is InChI=1S/C23H22F3N5O3/c1-34-18-7-6-15(24)8-16(18)22(33)29-9-13-2-4-14(5-3-13)20-17(11-32)21(27)31(30-20)19-10-28-12-23(19,25)26/h2-8,11,19,28H,9-10,12,27H2,1H3,(H,29,33). The van der Waals surface area contributed by atoms with Crippen molar-refractivity contribution in [2.24, 2.45) is 0 Å². The van der Waals surface area contributed by atoms with Crippen LogP contribution in [0.3, 0.4) is 0 Å². The van der Waals surface area contributed by atoms with Gasteiger partial charge < -0.3 is 21.1 Å². The average Bonchev–Trinajstić information content (AvgIpc) is 3.35. The summed E-state index contributed by atoms with van der Waals surface area (Å²) in [6, 6.07) is 9.02. The van der Waals surface area contributed by atoms with Crippen LogP contribution in [-0.4, -0.2) is 48.1 Å². The Hall–Kier alpha value is -3.86. The molecule has 11 heteroatoms. The van der Waals surface area contributed by atoms with Gasteiger partial charge in [0.2, 0.25) is 0 Å². The second-order valence-electron chi connectivity index (χ2n) is 7.84. The van der Waals surface area contributed by atoms with Gasteiger partial charge in [-0.15, -0.1) is 0 Å². The minimum absolute atomic E-state index is 0.0225. The molecule has 1 unspecified atom stereocenters. The van der Waals surface area contributed by atoms with E-state index < -0.39 is 30.2 Å². The van der Waals surface area contributed by atoms with Crippen molar-refractivity contribution in [3.05, 3.63) is 65.0 Å². The zero-order valence-corrected chi connectivity index (χ0v) is 18.1. The summed E-state index contributed by atoms with van der Waals surface area (Å²) in [7, 11) is 1.38. The van der Waals surface area contributed by atoms with Crippen LogP contribution in [0, 0.1) is 5.82 Å². The molecule has 1 amide bonds. The minimum Gasteiger partial charge on any atom is -0.496 e. The van der Waals surface area contributed by atoms with Crippen LogP contribution >= 0.6 is 0 Å². The van der Waals surface area contributed by atoms with Crippen LogP contribution in [0.15, 0.2) is 42.5 Å². The number of nitrogens with zero attached hydrogens (tertiary/aromatic N) is 2. The molecule has 178 valence electrons. The number of halogens is 3. The Bertz CT molecular complexity index is 1230. The van der Waals surface area contributed by atoms with Crippen LogP contribution in [0.25, 0.3) is 11.3 Å². The lowest BCUT2D eigenvalue weighted by molar-refractivity contribution is -0.0188. The first-order valence-corrected chi connectivity index (χ1v) is 10.4. The lowest BCUT2D eigenvalue weighted by atomic mass is 10.1. The number of aromatic nitrogens is 2. The normalized spacial score (nSPS) is 16.9. The first-order valence-electron chi connectivity index (χ1n) is 10.4. The SMILES string of the molecule is COc1ccc(F)cc1C(=O)NCc1ccc(-c2nn(C3CNCC3(F)F)c(N)c2C=O)cc1. The van der Waals surface area contributed by atoms with Crippen LogP contribution in [-0.2, 0) is 6.54 Å². The van der Waals surface area contributed by atoms with Gasteiger partial charge in [-0.1, -0.05) is 24.3 Å². The van der Waals surface area contributed by atoms with Gasteiger partial charge in [0.1, 0.15) is 29.1 Å². The third-order valence-corrected chi connectivity index (χ3v) is 5.67. The molecule has 0 spiro atoms. The molecule has 1 fully saturated rings. The summed E-state index contributed by atoms with van der Waals surface area (Å²) >= 11 is 0. The van der Waals surface area contributed by atoms with Crippen molar-refractivity contribution < 1.29 is 27.5 Å². The molecule has 1 saturated heterocycles. The molecule has 2 heterocycles. The number of carbonyl (C=O) groups excluding carboxylic acids is 2. The Labute approximate surface area is 192 Å². The highest BCUT2D eigenvalue weighted by molar-refractivity contribution is 5.97. The predicted octanol–water partition coefficient (Wildman–Crippen LogP) is 2.80. The number of methoxy groups -OCH3 is 1. The quantitative estimate of drug-likeness (QED) is 0.455. The van der Waals surface area contributed by atoms with Crippen molar-refractivity contribution >= 4 is 18.0 Å². The molecule has 4 N–H and O–H groups in total. The maximum Gasteiger partial charge on any atom is 0.283 e. The number of rotatable bonds is 7. The van der Waals surface area contributed by atoms with Gasteiger partial charge in [-0.3, -0.25) is 9.59 Å². The third kappa shape index (κ3) is 4.34. The maximum absolute atomic E-state index is 14.2. The second kappa shape index (κ2) is 9.18. The van der Waals surface area contributed by atoms with Crippen molar-refractivity contribution in [2.75, 3.05) is 25.9 Å². The number of benzene rings is 2. The lowest BCUT2D eigenvalue weighted by Crippen LogP contribution is -2.31. The molecule has 0 aliphatic carbocycles. The topological polar surface area (TPSA) is 111 Å². The van der Waals surface area contributed by atoms with E-state index in [-0.39, 0.29) is 41.5 Å². The van der Waals surface area contributed by atoms with Crippen molar-refractivity contribution in [2.45, 2.75) is 18.5 Å². The van der Waals surface area contributed by atoms with E-state index in [1.54, 1.807) is 24.3 Å². The van der Waals surface area contributed by atoms with E-state index in [1.807, 2.05) is 0 Å². The predicted molar refractivity (Wildman–Crippen MR) is 118 cm³/mol. The lowest BCUT2D eigenvalue weighted by Gasteiger charge is -2.19. The fourth-order valence-electron chi connectivity index (χ4n) is 3.85. The van der Waals surface area contributed by atoms with E-state index in [0.717, 1.165) is 10.7 Å². The Morgan fingerprint density at radius 2 is 2.06 bits per heavy atom. The number of hydrogen-bond acceptors (Lipinski definition) is 6. The Morgan fingerprint density at radius 3 is 2.68 bits per heavy atom. The fourth-order valence-corrected chi connectivity index (χ4v) is 3.85. The molecule has 34 heavy (non-hydrogen) atoms. The van der Waals surface area contributed by atoms with Crippen molar-refractivity contribution in [1.82, 2.24) is 20.4 Å². The molecule has 8 nitrogen and oxygen atoms in total. The molecule has 4 rings (SSSR count). The molecule has 1 aromatic heterocycles. The summed E-state index contributed by atoms with van der Waals surface area (Å²) in [6.45, 7) is -0.383. The number of nitrogen functional groups attached to an aromatic ring is 1. The zero-order chi connectivity index (χ0) is 24.5. The molecular weight excluding hydrogens is 451 g/mol. The van der Waals surface area contributed by atoms with Gasteiger partial charge in [-0.2, -0.15) is 5.10 Å². The number of amides is 1. The van der Waals surface area contributed by atoms with Gasteiger partial charge in [0.05, 0.1) is 24.8 Å². The first-order chi connectivity index (χ1) is 16.2. The number of carbonyl (C=O) groups is 2. The van der Waals surface area contributed by atoms with Crippen molar-refractivity contribution in [1.29, 1.82) is 0 Å². The summed E-state index contributed by atoms with van der Waals surface area (Å²) in [4.78, 5) is 24.1. The number of aldehydes is 1. The van der Waals surface area contributed by atoms with Crippen LogP contribution in [0.4, 0.5) is 19.0 Å². The summed E-state index contributed by atoms with van der Waals surface area (Å²) in [5, 5.41) is 9.52. The zero-order valence-electron chi connectivity index (χ0n) is 18.1. The van der Waals surface area contributed by atoms with E-state index in [4.69, 9.17) is 10.5 Å². The van der Waals surface area contributed by atoms with Crippen molar-refractivity contribution in [3.8, 4) is 17.0 Å². The second-order valence-corrected chi connectivity index (χ2v) is 7.84. The molecule has 1 aliphatic rings. The molecule has 2 aromatic carbocycles. The number of hydrogen-bond donors (Lipinski definition) is 3. The van der Waals surface area contributed by atoms with Crippen LogP contribution in [0.2, 0.25) is 0 Å². The van der Waals surface area contributed by atoms with Gasteiger partial charge in [0.25, 0.3) is 11.8 Å². The molecule has 1 atom stereocenters. The van der Waals surface area contributed by atoms with Gasteiger partial charge in [0.15, 0.2) is 6.29 Å². The molecule has 3 aromatic rings. The van der Waals surface area contributed by atoms with Gasteiger partial charge in [0, 0.05) is 18.7 Å².